The average molecular weight is 396 g/mol. The number of fused-ring (bicyclic) bond motifs is 1. The molecular formula is C23H20N6O. The van der Waals surface area contributed by atoms with Crippen LogP contribution in [0.5, 0.6) is 0 Å². The Morgan fingerprint density at radius 2 is 1.87 bits per heavy atom. The van der Waals surface area contributed by atoms with E-state index in [1.165, 1.54) is 16.5 Å². The van der Waals surface area contributed by atoms with Crippen molar-refractivity contribution in [2.45, 2.75) is 25.3 Å². The van der Waals surface area contributed by atoms with Gasteiger partial charge in [0.1, 0.15) is 5.82 Å². The number of hydrogen-bond donors (Lipinski definition) is 1. The molecule has 7 nitrogen and oxygen atoms in total. The van der Waals surface area contributed by atoms with Gasteiger partial charge in [0.25, 0.3) is 5.91 Å². The molecule has 2 aromatic heterocycles. The van der Waals surface area contributed by atoms with Crippen LogP contribution < -0.4 is 0 Å². The number of H-pyrrole nitrogens is 1. The zero-order chi connectivity index (χ0) is 20.1. The van der Waals surface area contributed by atoms with Crippen LogP contribution in [0.3, 0.4) is 0 Å². The van der Waals surface area contributed by atoms with E-state index in [4.69, 9.17) is 4.98 Å². The Labute approximate surface area is 172 Å². The Morgan fingerprint density at radius 1 is 1.00 bits per heavy atom. The van der Waals surface area contributed by atoms with E-state index in [-0.39, 0.29) is 5.91 Å². The maximum Gasteiger partial charge on any atom is 0.296 e. The number of azo groups is 1. The van der Waals surface area contributed by atoms with Gasteiger partial charge < -0.3 is 4.98 Å². The van der Waals surface area contributed by atoms with E-state index in [9.17, 15) is 4.79 Å². The standard InChI is InChI=1S/C23H20N6O/c30-23-16-5-3-7-19-21(16)22(27-28-23)26-20(25-19)13-29-10-8-14(9-11-29)17-12-24-18-6-2-1-4-15(17)18/h1-7,12,14,24H,8-11,13H2. The summed E-state index contributed by atoms with van der Waals surface area (Å²) < 4.78 is 0. The molecule has 2 aromatic carbocycles. The van der Waals surface area contributed by atoms with E-state index in [1.807, 2.05) is 12.1 Å². The van der Waals surface area contributed by atoms with Crippen molar-refractivity contribution in [1.82, 2.24) is 19.9 Å². The Hall–Kier alpha value is -3.45. The summed E-state index contributed by atoms with van der Waals surface area (Å²) >= 11 is 0. The van der Waals surface area contributed by atoms with Gasteiger partial charge in [-0.25, -0.2) is 9.97 Å². The van der Waals surface area contributed by atoms with Gasteiger partial charge in [-0.05, 0) is 55.6 Å². The summed E-state index contributed by atoms with van der Waals surface area (Å²) in [5.74, 6) is 1.47. The van der Waals surface area contributed by atoms with Crippen molar-refractivity contribution in [3.05, 3.63) is 65.6 Å². The summed E-state index contributed by atoms with van der Waals surface area (Å²) in [6.07, 6.45) is 4.40. The van der Waals surface area contributed by atoms with Gasteiger partial charge in [-0.3, -0.25) is 9.69 Å². The molecule has 0 bridgehead atoms. The number of para-hydroxylation sites is 1. The minimum Gasteiger partial charge on any atom is -0.361 e. The highest BCUT2D eigenvalue weighted by atomic mass is 16.1. The molecule has 6 rings (SSSR count). The number of piperidine rings is 1. The van der Waals surface area contributed by atoms with Crippen LogP contribution in [-0.4, -0.2) is 38.8 Å². The van der Waals surface area contributed by atoms with E-state index in [2.05, 4.69) is 55.6 Å². The monoisotopic (exact) mass is 396 g/mol. The van der Waals surface area contributed by atoms with Crippen LogP contribution in [0, 0.1) is 0 Å². The van der Waals surface area contributed by atoms with Gasteiger partial charge >= 0.3 is 0 Å². The lowest BCUT2D eigenvalue weighted by Crippen LogP contribution is -2.33. The van der Waals surface area contributed by atoms with Crippen LogP contribution in [0.1, 0.15) is 40.5 Å². The summed E-state index contributed by atoms with van der Waals surface area (Å²) in [6.45, 7) is 2.68. The Morgan fingerprint density at radius 3 is 2.77 bits per heavy atom. The van der Waals surface area contributed by atoms with Gasteiger partial charge in [0.2, 0.25) is 0 Å². The summed E-state index contributed by atoms with van der Waals surface area (Å²) in [7, 11) is 0. The molecule has 0 aliphatic carbocycles. The molecule has 7 heteroatoms. The number of aromatic nitrogens is 3. The molecule has 148 valence electrons. The molecule has 0 atom stereocenters. The van der Waals surface area contributed by atoms with Crippen molar-refractivity contribution in [2.75, 3.05) is 13.1 Å². The highest BCUT2D eigenvalue weighted by Gasteiger charge is 2.25. The maximum absolute atomic E-state index is 12.0. The molecule has 0 saturated carbocycles. The second-order valence-corrected chi connectivity index (χ2v) is 8.01. The predicted octanol–water partition coefficient (Wildman–Crippen LogP) is 4.73. The zero-order valence-corrected chi connectivity index (χ0v) is 16.4. The number of nitrogens with zero attached hydrogens (tertiary/aromatic N) is 5. The van der Waals surface area contributed by atoms with Crippen molar-refractivity contribution in [2.24, 2.45) is 10.2 Å². The van der Waals surface area contributed by atoms with Gasteiger partial charge in [0.05, 0.1) is 23.0 Å². The van der Waals surface area contributed by atoms with Crippen molar-refractivity contribution in [3.63, 3.8) is 0 Å². The first-order chi connectivity index (χ1) is 14.8. The van der Waals surface area contributed by atoms with Gasteiger partial charge in [0, 0.05) is 17.1 Å². The fraction of sp³-hybridized carbons (Fsp3) is 0.261. The summed E-state index contributed by atoms with van der Waals surface area (Å²) in [4.78, 5) is 27.1. The average Bonchev–Trinajstić information content (AvgIpc) is 3.21. The van der Waals surface area contributed by atoms with Crippen molar-refractivity contribution in [1.29, 1.82) is 0 Å². The molecule has 30 heavy (non-hydrogen) atoms. The number of rotatable bonds is 3. The lowest BCUT2D eigenvalue weighted by Gasteiger charge is -2.31. The van der Waals surface area contributed by atoms with Crippen LogP contribution in [-0.2, 0) is 6.54 Å². The lowest BCUT2D eigenvalue weighted by molar-refractivity contribution is 0.0995. The largest absolute Gasteiger partial charge is 0.361 e. The highest BCUT2D eigenvalue weighted by molar-refractivity contribution is 6.11. The van der Waals surface area contributed by atoms with Gasteiger partial charge in [-0.2, -0.15) is 0 Å². The minimum atomic E-state index is -0.330. The zero-order valence-electron chi connectivity index (χ0n) is 16.4. The molecule has 1 fully saturated rings. The fourth-order valence-electron chi connectivity index (χ4n) is 4.71. The number of carbonyl (C=O) groups is 1. The van der Waals surface area contributed by atoms with Crippen LogP contribution in [0.25, 0.3) is 21.8 Å². The molecule has 0 radical (unpaired) electrons. The smallest absolute Gasteiger partial charge is 0.296 e. The SMILES string of the molecule is O=C1N=Nc2nc(CN3CCC(c4c[nH]c5ccccc45)CC3)nc3cccc1c23. The van der Waals surface area contributed by atoms with Gasteiger partial charge in [0.15, 0.2) is 5.82 Å². The molecule has 1 saturated heterocycles. The number of carbonyl (C=O) groups excluding carboxylic acids is 1. The van der Waals surface area contributed by atoms with Crippen LogP contribution in [0.4, 0.5) is 5.82 Å². The lowest BCUT2D eigenvalue weighted by atomic mass is 9.89. The predicted molar refractivity (Wildman–Crippen MR) is 114 cm³/mol. The summed E-state index contributed by atoms with van der Waals surface area (Å²) in [5.41, 5.74) is 3.92. The van der Waals surface area contributed by atoms with Gasteiger partial charge in [-0.15, -0.1) is 10.2 Å². The van der Waals surface area contributed by atoms with E-state index in [0.29, 0.717) is 29.2 Å². The van der Waals surface area contributed by atoms with E-state index < -0.39 is 0 Å². The molecular weight excluding hydrogens is 376 g/mol. The molecule has 0 unspecified atom stereocenters. The Balaban J connectivity index is 1.21. The van der Waals surface area contributed by atoms with Crippen LogP contribution in [0.2, 0.25) is 0 Å². The van der Waals surface area contributed by atoms with E-state index in [0.717, 1.165) is 37.3 Å². The summed E-state index contributed by atoms with van der Waals surface area (Å²) in [5, 5.41) is 9.79. The number of benzene rings is 2. The number of nitrogens with one attached hydrogen (secondary N) is 1. The molecule has 2 aliphatic rings. The topological polar surface area (TPSA) is 86.6 Å². The number of amides is 1. The third kappa shape index (κ3) is 2.81. The highest BCUT2D eigenvalue weighted by Crippen LogP contribution is 2.34. The maximum atomic E-state index is 12.0. The van der Waals surface area contributed by atoms with Crippen LogP contribution >= 0.6 is 0 Å². The Kier molecular flexibility index (Phi) is 3.95. The molecule has 2 aliphatic heterocycles. The first-order valence-electron chi connectivity index (χ1n) is 10.3. The quantitative estimate of drug-likeness (QED) is 0.542. The van der Waals surface area contributed by atoms with Crippen LogP contribution in [0.15, 0.2) is 58.9 Å². The van der Waals surface area contributed by atoms with Crippen molar-refractivity contribution in [3.8, 4) is 0 Å². The Bertz CT molecular complexity index is 1320. The van der Waals surface area contributed by atoms with E-state index in [1.54, 1.807) is 6.07 Å². The van der Waals surface area contributed by atoms with Gasteiger partial charge in [-0.1, -0.05) is 24.3 Å². The third-order valence-electron chi connectivity index (χ3n) is 6.23. The summed E-state index contributed by atoms with van der Waals surface area (Å²) in [6, 6.07) is 14.0. The van der Waals surface area contributed by atoms with E-state index >= 15 is 0 Å². The molecule has 4 aromatic rings. The number of hydrogen-bond acceptors (Lipinski definition) is 5. The molecule has 1 amide bonds. The van der Waals surface area contributed by atoms with Crippen molar-refractivity contribution >= 4 is 33.5 Å². The molecule has 1 N–H and O–H groups in total. The normalized spacial score (nSPS) is 17.3. The third-order valence-corrected chi connectivity index (χ3v) is 6.23. The molecule has 4 heterocycles. The first-order valence-corrected chi connectivity index (χ1v) is 10.3. The number of likely N-dealkylation sites (tertiary alicyclic amines) is 1. The first kappa shape index (κ1) is 17.4. The minimum absolute atomic E-state index is 0.330. The number of aromatic amines is 1. The second kappa shape index (κ2) is 6.81. The molecule has 0 spiro atoms. The second-order valence-electron chi connectivity index (χ2n) is 8.01. The fourth-order valence-corrected chi connectivity index (χ4v) is 4.71. The van der Waals surface area contributed by atoms with Crippen molar-refractivity contribution < 1.29 is 4.79 Å².